The van der Waals surface area contributed by atoms with Crippen molar-refractivity contribution in [3.05, 3.63) is 4.88 Å². The highest BCUT2D eigenvalue weighted by Crippen LogP contribution is 2.42. The average molecular weight is 244 g/mol. The first-order valence-electron chi connectivity index (χ1n) is 4.81. The van der Waals surface area contributed by atoms with Gasteiger partial charge in [0.25, 0.3) is 0 Å². The molecule has 6 heteroatoms. The summed E-state index contributed by atoms with van der Waals surface area (Å²) < 4.78 is 10.1. The van der Waals surface area contributed by atoms with Crippen LogP contribution in [0.2, 0.25) is 0 Å². The largest absolute Gasteiger partial charge is 0.492 e. The Morgan fingerprint density at radius 1 is 1.50 bits per heavy atom. The van der Waals surface area contributed by atoms with Crippen LogP contribution in [0.15, 0.2) is 0 Å². The summed E-state index contributed by atoms with van der Waals surface area (Å²) in [6.45, 7) is 2.71. The van der Waals surface area contributed by atoms with Crippen molar-refractivity contribution >= 4 is 27.8 Å². The fourth-order valence-corrected chi connectivity index (χ4v) is 2.29. The van der Waals surface area contributed by atoms with Gasteiger partial charge in [-0.15, -0.1) is 11.3 Å². The Kier molecular flexibility index (Phi) is 4.57. The third-order valence-corrected chi connectivity index (χ3v) is 3.26. The van der Waals surface area contributed by atoms with E-state index in [1.54, 1.807) is 7.11 Å². The van der Waals surface area contributed by atoms with Gasteiger partial charge in [0.2, 0.25) is 0 Å². The molecule has 90 valence electrons. The second-order valence-electron chi connectivity index (χ2n) is 3.18. The molecule has 5 nitrogen and oxygen atoms in total. The number of carbonyl (C=O) groups is 1. The molecule has 0 aliphatic carbocycles. The smallest absolute Gasteiger partial charge is 0.176 e. The summed E-state index contributed by atoms with van der Waals surface area (Å²) in [5, 5.41) is 3.88. The van der Waals surface area contributed by atoms with E-state index in [1.807, 2.05) is 0 Å². The predicted octanol–water partition coefficient (Wildman–Crippen LogP) is 1.60. The van der Waals surface area contributed by atoms with Crippen LogP contribution < -0.4 is 15.8 Å². The highest BCUT2D eigenvalue weighted by molar-refractivity contribution is 7.19. The molecule has 16 heavy (non-hydrogen) atoms. The van der Waals surface area contributed by atoms with E-state index in [2.05, 4.69) is 5.32 Å². The number of nitrogens with one attached hydrogen (secondary N) is 1. The third kappa shape index (κ3) is 2.65. The van der Waals surface area contributed by atoms with Crippen LogP contribution in [0.5, 0.6) is 5.75 Å². The molecule has 3 N–H and O–H groups in total. The van der Waals surface area contributed by atoms with Gasteiger partial charge >= 0.3 is 0 Å². The van der Waals surface area contributed by atoms with Crippen molar-refractivity contribution in [3.8, 4) is 5.75 Å². The predicted molar refractivity (Wildman–Crippen MR) is 65.7 cm³/mol. The van der Waals surface area contributed by atoms with Gasteiger partial charge in [0, 0.05) is 20.6 Å². The molecule has 1 aromatic heterocycles. The van der Waals surface area contributed by atoms with E-state index >= 15 is 0 Å². The maximum atomic E-state index is 11.3. The topological polar surface area (TPSA) is 73.6 Å². The second-order valence-corrected chi connectivity index (χ2v) is 4.20. The van der Waals surface area contributed by atoms with E-state index in [9.17, 15) is 4.79 Å². The molecule has 0 bridgehead atoms. The monoisotopic (exact) mass is 244 g/mol. The molecule has 1 aromatic rings. The summed E-state index contributed by atoms with van der Waals surface area (Å²) in [4.78, 5) is 11.8. The van der Waals surface area contributed by atoms with Crippen molar-refractivity contribution < 1.29 is 14.3 Å². The second kappa shape index (κ2) is 5.72. The molecular formula is C10H16N2O3S. The summed E-state index contributed by atoms with van der Waals surface area (Å²) >= 11 is 1.30. The van der Waals surface area contributed by atoms with E-state index in [0.717, 1.165) is 5.00 Å². The molecular weight excluding hydrogens is 228 g/mol. The van der Waals surface area contributed by atoms with Gasteiger partial charge in [0.05, 0.1) is 24.3 Å². The summed E-state index contributed by atoms with van der Waals surface area (Å²) in [6.07, 6.45) is 0. The Labute approximate surface area is 98.5 Å². The quantitative estimate of drug-likeness (QED) is 0.587. The van der Waals surface area contributed by atoms with Crippen molar-refractivity contribution in [2.75, 3.05) is 38.4 Å². The highest BCUT2D eigenvalue weighted by Gasteiger charge is 2.18. The van der Waals surface area contributed by atoms with Crippen LogP contribution in [-0.4, -0.2) is 33.2 Å². The van der Waals surface area contributed by atoms with Gasteiger partial charge < -0.3 is 20.5 Å². The van der Waals surface area contributed by atoms with Crippen LogP contribution in [0, 0.1) is 0 Å². The number of methoxy groups -OCH3 is 2. The zero-order valence-electron chi connectivity index (χ0n) is 9.62. The lowest BCUT2D eigenvalue weighted by Crippen LogP contribution is -2.07. The number of ether oxygens (including phenoxy) is 2. The van der Waals surface area contributed by atoms with E-state index < -0.39 is 0 Å². The standard InChI is InChI=1S/C10H16N2O3S/c1-6(13)9-7(11)8(15-3)10(16-9)12-4-5-14-2/h12H,4-5,11H2,1-3H3. The number of carbonyl (C=O) groups excluding carboxylic acids is 1. The summed E-state index contributed by atoms with van der Waals surface area (Å²) in [5.74, 6) is 0.479. The molecule has 1 rings (SSSR count). The number of hydrogen-bond acceptors (Lipinski definition) is 6. The van der Waals surface area contributed by atoms with Crippen LogP contribution in [0.25, 0.3) is 0 Å². The van der Waals surface area contributed by atoms with Crippen LogP contribution in [-0.2, 0) is 4.74 Å². The lowest BCUT2D eigenvalue weighted by molar-refractivity contribution is 0.102. The Balaban J connectivity index is 2.90. The Morgan fingerprint density at radius 3 is 2.69 bits per heavy atom. The van der Waals surface area contributed by atoms with Gasteiger partial charge in [-0.25, -0.2) is 0 Å². The molecule has 0 unspecified atom stereocenters. The number of Topliss-reactive ketones (excluding diaryl/α,β-unsaturated/α-hetero) is 1. The maximum Gasteiger partial charge on any atom is 0.176 e. The molecule has 0 atom stereocenters. The molecule has 0 aliphatic heterocycles. The SMILES string of the molecule is COCCNc1sc(C(C)=O)c(N)c1OC. The van der Waals surface area contributed by atoms with Crippen LogP contribution >= 0.6 is 11.3 Å². The highest BCUT2D eigenvalue weighted by atomic mass is 32.1. The minimum Gasteiger partial charge on any atom is -0.492 e. The molecule has 0 spiro atoms. The van der Waals surface area contributed by atoms with Gasteiger partial charge in [-0.05, 0) is 0 Å². The minimum absolute atomic E-state index is 0.0550. The molecule has 0 aliphatic rings. The summed E-state index contributed by atoms with van der Waals surface area (Å²) in [7, 11) is 3.16. The van der Waals surface area contributed by atoms with Crippen molar-refractivity contribution in [1.29, 1.82) is 0 Å². The number of nitrogen functional groups attached to an aromatic ring is 1. The lowest BCUT2D eigenvalue weighted by Gasteiger charge is -2.05. The number of anilines is 2. The normalized spacial score (nSPS) is 10.2. The zero-order chi connectivity index (χ0) is 12.1. The fourth-order valence-electron chi connectivity index (χ4n) is 1.28. The summed E-state index contributed by atoms with van der Waals surface area (Å²) in [5.41, 5.74) is 6.22. The molecule has 0 saturated carbocycles. The molecule has 0 amide bonds. The van der Waals surface area contributed by atoms with Gasteiger partial charge in [-0.3, -0.25) is 4.79 Å². The van der Waals surface area contributed by atoms with Crippen molar-refractivity contribution in [1.82, 2.24) is 0 Å². The first-order valence-corrected chi connectivity index (χ1v) is 5.63. The van der Waals surface area contributed by atoms with Crippen LogP contribution in [0.3, 0.4) is 0 Å². The van der Waals surface area contributed by atoms with E-state index in [1.165, 1.54) is 25.4 Å². The lowest BCUT2D eigenvalue weighted by atomic mass is 10.3. The van der Waals surface area contributed by atoms with Gasteiger partial charge in [0.15, 0.2) is 11.5 Å². The summed E-state index contributed by atoms with van der Waals surface area (Å²) in [6, 6.07) is 0. The Morgan fingerprint density at radius 2 is 2.19 bits per heavy atom. The third-order valence-electron chi connectivity index (χ3n) is 2.02. The number of rotatable bonds is 6. The van der Waals surface area contributed by atoms with E-state index in [0.29, 0.717) is 29.5 Å². The maximum absolute atomic E-state index is 11.3. The number of hydrogen-bond donors (Lipinski definition) is 2. The Hall–Kier alpha value is -1.27. The van der Waals surface area contributed by atoms with E-state index in [4.69, 9.17) is 15.2 Å². The molecule has 0 radical (unpaired) electrons. The fraction of sp³-hybridized carbons (Fsp3) is 0.500. The van der Waals surface area contributed by atoms with E-state index in [-0.39, 0.29) is 5.78 Å². The van der Waals surface area contributed by atoms with Gasteiger partial charge in [-0.1, -0.05) is 0 Å². The first kappa shape index (κ1) is 12.8. The Bertz CT molecular complexity index is 376. The zero-order valence-corrected chi connectivity index (χ0v) is 10.4. The average Bonchev–Trinajstić information content (AvgIpc) is 2.55. The number of thiophene rings is 1. The molecule has 0 saturated heterocycles. The number of ketones is 1. The van der Waals surface area contributed by atoms with Crippen LogP contribution in [0.1, 0.15) is 16.6 Å². The molecule has 0 aromatic carbocycles. The van der Waals surface area contributed by atoms with Gasteiger partial charge in [-0.2, -0.15) is 0 Å². The first-order chi connectivity index (χ1) is 7.61. The van der Waals surface area contributed by atoms with Crippen LogP contribution in [0.4, 0.5) is 10.7 Å². The van der Waals surface area contributed by atoms with Crippen molar-refractivity contribution in [2.24, 2.45) is 0 Å². The van der Waals surface area contributed by atoms with Crippen molar-refractivity contribution in [2.45, 2.75) is 6.92 Å². The van der Waals surface area contributed by atoms with Crippen molar-refractivity contribution in [3.63, 3.8) is 0 Å². The molecule has 0 fully saturated rings. The van der Waals surface area contributed by atoms with Gasteiger partial charge in [0.1, 0.15) is 5.00 Å². The number of nitrogens with two attached hydrogens (primary N) is 1. The minimum atomic E-state index is -0.0550. The molecule has 1 heterocycles.